The van der Waals surface area contributed by atoms with Gasteiger partial charge in [-0.15, -0.1) is 0 Å². The fraction of sp³-hybridized carbons (Fsp3) is 0.500. The van der Waals surface area contributed by atoms with E-state index in [-0.39, 0.29) is 5.91 Å². The molecule has 156 valence electrons. The lowest BCUT2D eigenvalue weighted by atomic mass is 9.92. The third-order valence-corrected chi connectivity index (χ3v) is 5.85. The molecular weight excluding hydrogens is 358 g/mol. The molecule has 2 aromatic rings. The van der Waals surface area contributed by atoms with Crippen molar-refractivity contribution >= 4 is 5.91 Å². The Kier molecular flexibility index (Phi) is 7.74. The summed E-state index contributed by atoms with van der Waals surface area (Å²) in [5, 5.41) is 3.05. The molecule has 0 radical (unpaired) electrons. The van der Waals surface area contributed by atoms with Gasteiger partial charge in [-0.3, -0.25) is 4.79 Å². The smallest absolute Gasteiger partial charge is 0.261 e. The number of ether oxygens (including phenoxy) is 1. The Bertz CT molecular complexity index is 795. The van der Waals surface area contributed by atoms with Gasteiger partial charge in [-0.2, -0.15) is 0 Å². The third-order valence-electron chi connectivity index (χ3n) is 5.85. The normalized spacial score (nSPS) is 14.3. The number of aryl methyl sites for hydroxylation is 3. The Morgan fingerprint density at radius 2 is 1.76 bits per heavy atom. The predicted octanol–water partition coefficient (Wildman–Crippen LogP) is 5.60. The number of benzene rings is 2. The van der Waals surface area contributed by atoms with Crippen molar-refractivity contribution in [3.8, 4) is 5.75 Å². The topological polar surface area (TPSA) is 38.3 Å². The van der Waals surface area contributed by atoms with E-state index in [0.717, 1.165) is 31.4 Å². The molecule has 0 unspecified atom stereocenters. The lowest BCUT2D eigenvalue weighted by Crippen LogP contribution is -2.38. The van der Waals surface area contributed by atoms with Crippen LogP contribution in [0.5, 0.6) is 5.75 Å². The zero-order valence-electron chi connectivity index (χ0n) is 18.2. The minimum Gasteiger partial charge on any atom is -0.481 e. The molecule has 0 heterocycles. The average molecular weight is 394 g/mol. The fourth-order valence-corrected chi connectivity index (χ4v) is 3.96. The first-order valence-corrected chi connectivity index (χ1v) is 11.2. The van der Waals surface area contributed by atoms with E-state index < -0.39 is 6.10 Å². The van der Waals surface area contributed by atoms with Crippen molar-refractivity contribution in [1.82, 2.24) is 5.32 Å². The summed E-state index contributed by atoms with van der Waals surface area (Å²) in [6, 6.07) is 15.1. The van der Waals surface area contributed by atoms with Gasteiger partial charge in [0.05, 0.1) is 0 Å². The highest BCUT2D eigenvalue weighted by Gasteiger charge is 2.19. The third kappa shape index (κ3) is 6.09. The second-order valence-electron chi connectivity index (χ2n) is 8.44. The summed E-state index contributed by atoms with van der Waals surface area (Å²) in [6.07, 6.45) is 6.94. The van der Waals surface area contributed by atoms with Crippen LogP contribution in [-0.4, -0.2) is 18.6 Å². The molecule has 0 bridgehead atoms. The van der Waals surface area contributed by atoms with Crippen molar-refractivity contribution < 1.29 is 9.53 Å². The lowest BCUT2D eigenvalue weighted by molar-refractivity contribution is -0.128. The van der Waals surface area contributed by atoms with E-state index in [2.05, 4.69) is 55.6 Å². The van der Waals surface area contributed by atoms with Gasteiger partial charge in [0.15, 0.2) is 6.10 Å². The van der Waals surface area contributed by atoms with Crippen molar-refractivity contribution in [1.29, 1.82) is 0 Å². The molecule has 1 amide bonds. The second-order valence-corrected chi connectivity index (χ2v) is 8.44. The SMILES string of the molecule is CC[C@H](Oc1ccc2c(c1)CCCC2)C(=O)NCCCc1ccc(C(C)C)cc1. The maximum Gasteiger partial charge on any atom is 0.261 e. The van der Waals surface area contributed by atoms with Crippen LogP contribution in [0.1, 0.15) is 74.6 Å². The van der Waals surface area contributed by atoms with E-state index in [4.69, 9.17) is 4.74 Å². The quantitative estimate of drug-likeness (QED) is 0.564. The number of carbonyl (C=O) groups is 1. The van der Waals surface area contributed by atoms with Crippen LogP contribution in [0, 0.1) is 0 Å². The number of rotatable bonds is 9. The molecule has 1 atom stereocenters. The number of nitrogens with one attached hydrogen (secondary N) is 1. The highest BCUT2D eigenvalue weighted by Crippen LogP contribution is 2.26. The molecule has 1 aliphatic carbocycles. The lowest BCUT2D eigenvalue weighted by Gasteiger charge is -2.20. The molecule has 2 aromatic carbocycles. The van der Waals surface area contributed by atoms with Gasteiger partial charge in [-0.1, -0.05) is 51.1 Å². The van der Waals surface area contributed by atoms with Crippen molar-refractivity contribution in [2.24, 2.45) is 0 Å². The first-order chi connectivity index (χ1) is 14.1. The maximum atomic E-state index is 12.6. The van der Waals surface area contributed by atoms with Gasteiger partial charge in [0.1, 0.15) is 5.75 Å². The minimum atomic E-state index is -0.429. The van der Waals surface area contributed by atoms with Crippen LogP contribution in [0.25, 0.3) is 0 Å². The van der Waals surface area contributed by atoms with Crippen molar-refractivity contribution in [2.75, 3.05) is 6.54 Å². The van der Waals surface area contributed by atoms with Crippen molar-refractivity contribution in [2.45, 2.75) is 77.7 Å². The zero-order chi connectivity index (χ0) is 20.6. The van der Waals surface area contributed by atoms with Crippen LogP contribution in [-0.2, 0) is 24.1 Å². The number of hydrogen-bond acceptors (Lipinski definition) is 2. The largest absolute Gasteiger partial charge is 0.481 e. The molecule has 3 heteroatoms. The van der Waals surface area contributed by atoms with E-state index in [1.807, 2.05) is 13.0 Å². The Labute approximate surface area is 175 Å². The number of hydrogen-bond donors (Lipinski definition) is 1. The van der Waals surface area contributed by atoms with Crippen molar-refractivity contribution in [3.63, 3.8) is 0 Å². The fourth-order valence-electron chi connectivity index (χ4n) is 3.96. The first kappa shape index (κ1) is 21.4. The summed E-state index contributed by atoms with van der Waals surface area (Å²) in [4.78, 5) is 12.6. The molecule has 0 aliphatic heterocycles. The number of amides is 1. The Morgan fingerprint density at radius 1 is 1.03 bits per heavy atom. The van der Waals surface area contributed by atoms with Crippen LogP contribution in [0.15, 0.2) is 42.5 Å². The highest BCUT2D eigenvalue weighted by atomic mass is 16.5. The highest BCUT2D eigenvalue weighted by molar-refractivity contribution is 5.81. The van der Waals surface area contributed by atoms with Gasteiger partial charge in [0, 0.05) is 6.54 Å². The molecule has 3 rings (SSSR count). The number of carbonyl (C=O) groups excluding carboxylic acids is 1. The Hall–Kier alpha value is -2.29. The van der Waals surface area contributed by atoms with Crippen LogP contribution in [0.3, 0.4) is 0 Å². The van der Waals surface area contributed by atoms with Gasteiger partial charge in [0.2, 0.25) is 0 Å². The molecule has 0 fully saturated rings. The van der Waals surface area contributed by atoms with Crippen LogP contribution in [0.2, 0.25) is 0 Å². The summed E-state index contributed by atoms with van der Waals surface area (Å²) in [5.41, 5.74) is 5.50. The van der Waals surface area contributed by atoms with Crippen molar-refractivity contribution in [3.05, 3.63) is 64.7 Å². The van der Waals surface area contributed by atoms with Gasteiger partial charge >= 0.3 is 0 Å². The summed E-state index contributed by atoms with van der Waals surface area (Å²) in [7, 11) is 0. The zero-order valence-corrected chi connectivity index (χ0v) is 18.2. The predicted molar refractivity (Wildman–Crippen MR) is 120 cm³/mol. The summed E-state index contributed by atoms with van der Waals surface area (Å²) in [5.74, 6) is 1.36. The Balaban J connectivity index is 1.45. The van der Waals surface area contributed by atoms with E-state index in [9.17, 15) is 4.79 Å². The second kappa shape index (κ2) is 10.5. The van der Waals surface area contributed by atoms with Gasteiger partial charge in [0.25, 0.3) is 5.91 Å². The van der Waals surface area contributed by atoms with Crippen LogP contribution in [0.4, 0.5) is 0 Å². The summed E-state index contributed by atoms with van der Waals surface area (Å²) >= 11 is 0. The summed E-state index contributed by atoms with van der Waals surface area (Å²) in [6.45, 7) is 7.09. The van der Waals surface area contributed by atoms with Crippen LogP contribution < -0.4 is 10.1 Å². The Morgan fingerprint density at radius 3 is 2.45 bits per heavy atom. The number of fused-ring (bicyclic) bond motifs is 1. The van der Waals surface area contributed by atoms with Gasteiger partial charge < -0.3 is 10.1 Å². The van der Waals surface area contributed by atoms with Gasteiger partial charge in [-0.05, 0) is 85.3 Å². The van der Waals surface area contributed by atoms with Gasteiger partial charge in [-0.25, -0.2) is 0 Å². The summed E-state index contributed by atoms with van der Waals surface area (Å²) < 4.78 is 6.03. The molecular formula is C26H35NO2. The van der Waals surface area contributed by atoms with Crippen LogP contribution >= 0.6 is 0 Å². The molecule has 0 aromatic heterocycles. The molecule has 1 aliphatic rings. The molecule has 29 heavy (non-hydrogen) atoms. The maximum absolute atomic E-state index is 12.6. The molecule has 0 spiro atoms. The molecule has 3 nitrogen and oxygen atoms in total. The van der Waals surface area contributed by atoms with E-state index in [0.29, 0.717) is 18.9 Å². The average Bonchev–Trinajstić information content (AvgIpc) is 2.75. The minimum absolute atomic E-state index is 0.0135. The monoisotopic (exact) mass is 393 g/mol. The van der Waals surface area contributed by atoms with E-state index >= 15 is 0 Å². The molecule has 1 N–H and O–H groups in total. The molecule has 0 saturated heterocycles. The first-order valence-electron chi connectivity index (χ1n) is 11.2. The molecule has 0 saturated carbocycles. The van der Waals surface area contributed by atoms with E-state index in [1.165, 1.54) is 35.1 Å². The standard InChI is InChI=1S/C26H35NO2/c1-4-25(29-24-16-15-22-9-5-6-10-23(22)18-24)26(28)27-17-7-8-20-11-13-21(14-12-20)19(2)3/h11-16,18-19,25H,4-10,17H2,1-3H3,(H,27,28)/t25-/m0/s1. The van der Waals surface area contributed by atoms with E-state index in [1.54, 1.807) is 0 Å².